The Morgan fingerprint density at radius 2 is 1.62 bits per heavy atom. The lowest BCUT2D eigenvalue weighted by atomic mass is 9.89. The van der Waals surface area contributed by atoms with Gasteiger partial charge in [-0.3, -0.25) is 0 Å². The van der Waals surface area contributed by atoms with Gasteiger partial charge in [0.1, 0.15) is 11.2 Å². The summed E-state index contributed by atoms with van der Waals surface area (Å²) in [4.78, 5) is 0. The van der Waals surface area contributed by atoms with Crippen LogP contribution < -0.4 is 0 Å². The van der Waals surface area contributed by atoms with E-state index < -0.39 is 0 Å². The van der Waals surface area contributed by atoms with Gasteiger partial charge in [0, 0.05) is 10.8 Å². The van der Waals surface area contributed by atoms with Gasteiger partial charge in [0.25, 0.3) is 0 Å². The summed E-state index contributed by atoms with van der Waals surface area (Å²) in [6.45, 7) is 6.69. The number of fused-ring (bicyclic) bond motifs is 3. The number of halogens is 1. The van der Waals surface area contributed by atoms with Crippen molar-refractivity contribution in [2.45, 2.75) is 26.7 Å². The van der Waals surface area contributed by atoms with Gasteiger partial charge in [0.2, 0.25) is 0 Å². The van der Waals surface area contributed by atoms with Crippen LogP contribution in [0.4, 0.5) is 0 Å². The van der Waals surface area contributed by atoms with E-state index in [1.54, 1.807) is 0 Å². The molecule has 0 atom stereocenters. The zero-order valence-electron chi connectivity index (χ0n) is 14.1. The highest BCUT2D eigenvalue weighted by Crippen LogP contribution is 2.42. The fourth-order valence-corrected chi connectivity index (χ4v) is 4.05. The quantitative estimate of drug-likeness (QED) is 0.353. The van der Waals surface area contributed by atoms with Gasteiger partial charge in [-0.25, -0.2) is 0 Å². The largest absolute Gasteiger partial charge is 0.455 e. The first kappa shape index (κ1) is 15.5. The molecule has 0 saturated carbocycles. The van der Waals surface area contributed by atoms with Crippen LogP contribution in [-0.2, 0) is 0 Å². The molecule has 0 amide bonds. The maximum Gasteiger partial charge on any atom is 0.149 e. The van der Waals surface area contributed by atoms with Gasteiger partial charge in [0.15, 0.2) is 0 Å². The summed E-state index contributed by atoms with van der Waals surface area (Å²) in [6.07, 6.45) is 0. The molecular formula is C22H19BrO. The van der Waals surface area contributed by atoms with E-state index in [2.05, 4.69) is 79.2 Å². The van der Waals surface area contributed by atoms with Gasteiger partial charge >= 0.3 is 0 Å². The molecule has 0 aliphatic heterocycles. The van der Waals surface area contributed by atoms with Crippen LogP contribution in [0.1, 0.15) is 30.9 Å². The summed E-state index contributed by atoms with van der Waals surface area (Å²) in [5, 5.41) is 2.38. The molecule has 0 fully saturated rings. The molecule has 4 aromatic rings. The minimum absolute atomic E-state index is 0.483. The minimum Gasteiger partial charge on any atom is -0.455 e. The van der Waals surface area contributed by atoms with Crippen LogP contribution in [0.3, 0.4) is 0 Å². The lowest BCUT2D eigenvalue weighted by Gasteiger charge is -2.16. The van der Waals surface area contributed by atoms with Crippen LogP contribution >= 0.6 is 15.9 Å². The minimum atomic E-state index is 0.483. The standard InChI is InChI=1S/C22H19BrO/c1-13(2)15-8-4-5-9-16(15)18-12-19(23)22-21(14(18)3)17-10-6-7-11-20(17)24-22/h4-13H,1-3H3. The Balaban J connectivity index is 2.12. The zero-order valence-corrected chi connectivity index (χ0v) is 15.6. The third kappa shape index (κ3) is 2.29. The molecule has 0 radical (unpaired) electrons. The molecule has 0 unspecified atom stereocenters. The monoisotopic (exact) mass is 378 g/mol. The zero-order chi connectivity index (χ0) is 16.8. The molecule has 0 aliphatic rings. The molecule has 24 heavy (non-hydrogen) atoms. The summed E-state index contributed by atoms with van der Waals surface area (Å²) in [5.41, 5.74) is 7.08. The highest BCUT2D eigenvalue weighted by Gasteiger charge is 2.18. The molecule has 2 heteroatoms. The smallest absolute Gasteiger partial charge is 0.149 e. The summed E-state index contributed by atoms with van der Waals surface area (Å²) < 4.78 is 7.09. The second kappa shape index (κ2) is 5.78. The Labute approximate surface area is 150 Å². The highest BCUT2D eigenvalue weighted by molar-refractivity contribution is 9.10. The number of hydrogen-bond donors (Lipinski definition) is 0. The van der Waals surface area contributed by atoms with Crippen molar-refractivity contribution < 1.29 is 4.42 Å². The maximum absolute atomic E-state index is 6.09. The van der Waals surface area contributed by atoms with Gasteiger partial charge in [-0.15, -0.1) is 0 Å². The van der Waals surface area contributed by atoms with E-state index in [9.17, 15) is 0 Å². The molecule has 1 aromatic heterocycles. The molecular weight excluding hydrogens is 360 g/mol. The van der Waals surface area contributed by atoms with E-state index in [4.69, 9.17) is 4.42 Å². The number of rotatable bonds is 2. The van der Waals surface area contributed by atoms with Crippen molar-refractivity contribution in [1.82, 2.24) is 0 Å². The Morgan fingerprint density at radius 3 is 2.42 bits per heavy atom. The van der Waals surface area contributed by atoms with Crippen molar-refractivity contribution in [1.29, 1.82) is 0 Å². The van der Waals surface area contributed by atoms with Gasteiger partial charge in [0.05, 0.1) is 4.47 Å². The van der Waals surface area contributed by atoms with Crippen LogP contribution in [0.25, 0.3) is 33.1 Å². The second-order valence-electron chi connectivity index (χ2n) is 6.58. The van der Waals surface area contributed by atoms with Gasteiger partial charge in [-0.05, 0) is 63.2 Å². The van der Waals surface area contributed by atoms with E-state index in [0.717, 1.165) is 15.6 Å². The molecule has 3 aromatic carbocycles. The van der Waals surface area contributed by atoms with Gasteiger partial charge in [-0.2, -0.15) is 0 Å². The number of para-hydroxylation sites is 1. The molecule has 1 heterocycles. The maximum atomic E-state index is 6.09. The first-order valence-corrected chi connectivity index (χ1v) is 9.07. The fourth-order valence-electron chi connectivity index (χ4n) is 3.55. The van der Waals surface area contributed by atoms with Crippen LogP contribution in [0.2, 0.25) is 0 Å². The van der Waals surface area contributed by atoms with E-state index in [0.29, 0.717) is 5.92 Å². The van der Waals surface area contributed by atoms with Crippen molar-refractivity contribution in [3.63, 3.8) is 0 Å². The molecule has 0 spiro atoms. The van der Waals surface area contributed by atoms with Crippen molar-refractivity contribution in [2.24, 2.45) is 0 Å². The predicted molar refractivity (Wildman–Crippen MR) is 106 cm³/mol. The average molecular weight is 379 g/mol. The van der Waals surface area contributed by atoms with Crippen LogP contribution in [0.15, 0.2) is 63.5 Å². The summed E-state index contributed by atoms with van der Waals surface area (Å²) in [7, 11) is 0. The van der Waals surface area contributed by atoms with E-state index in [1.165, 1.54) is 33.0 Å². The van der Waals surface area contributed by atoms with E-state index in [1.807, 2.05) is 12.1 Å². The lowest BCUT2D eigenvalue weighted by molar-refractivity contribution is 0.666. The molecule has 4 rings (SSSR count). The van der Waals surface area contributed by atoms with Gasteiger partial charge in [-0.1, -0.05) is 56.3 Å². The molecule has 120 valence electrons. The van der Waals surface area contributed by atoms with Crippen LogP contribution in [0.5, 0.6) is 0 Å². The lowest BCUT2D eigenvalue weighted by Crippen LogP contribution is -1.94. The van der Waals surface area contributed by atoms with E-state index in [-0.39, 0.29) is 0 Å². The highest BCUT2D eigenvalue weighted by atomic mass is 79.9. The Bertz CT molecular complexity index is 1060. The third-order valence-electron chi connectivity index (χ3n) is 4.74. The normalized spacial score (nSPS) is 11.7. The summed E-state index contributed by atoms with van der Waals surface area (Å²) in [5.74, 6) is 0.483. The molecule has 1 nitrogen and oxygen atoms in total. The van der Waals surface area contributed by atoms with Gasteiger partial charge < -0.3 is 4.42 Å². The Hall–Kier alpha value is -2.06. The average Bonchev–Trinajstić information content (AvgIpc) is 2.98. The molecule has 0 saturated heterocycles. The summed E-state index contributed by atoms with van der Waals surface area (Å²) in [6, 6.07) is 19.1. The predicted octanol–water partition coefficient (Wildman–Crippen LogP) is 7.45. The molecule has 0 N–H and O–H groups in total. The summed E-state index contributed by atoms with van der Waals surface area (Å²) >= 11 is 3.73. The Kier molecular flexibility index (Phi) is 3.73. The number of aryl methyl sites for hydroxylation is 1. The SMILES string of the molecule is Cc1c(-c2ccccc2C(C)C)cc(Br)c2oc3ccccc3c12. The first-order chi connectivity index (χ1) is 11.6. The molecule has 0 aliphatic carbocycles. The number of furan rings is 1. The first-order valence-electron chi connectivity index (χ1n) is 8.27. The topological polar surface area (TPSA) is 13.1 Å². The second-order valence-corrected chi connectivity index (χ2v) is 7.43. The third-order valence-corrected chi connectivity index (χ3v) is 5.32. The number of hydrogen-bond acceptors (Lipinski definition) is 1. The fraction of sp³-hybridized carbons (Fsp3) is 0.182. The Morgan fingerprint density at radius 1 is 0.917 bits per heavy atom. The van der Waals surface area contributed by atoms with Crippen molar-refractivity contribution >= 4 is 37.9 Å². The van der Waals surface area contributed by atoms with Crippen molar-refractivity contribution in [2.75, 3.05) is 0 Å². The van der Waals surface area contributed by atoms with Crippen LogP contribution in [0, 0.1) is 6.92 Å². The van der Waals surface area contributed by atoms with E-state index >= 15 is 0 Å². The van der Waals surface area contributed by atoms with Crippen molar-refractivity contribution in [3.05, 3.63) is 70.2 Å². The van der Waals surface area contributed by atoms with Crippen molar-refractivity contribution in [3.8, 4) is 11.1 Å². The number of benzene rings is 3. The van der Waals surface area contributed by atoms with Crippen LogP contribution in [-0.4, -0.2) is 0 Å². The molecule has 0 bridgehead atoms.